The molecule has 0 aliphatic heterocycles. The van der Waals surface area contributed by atoms with E-state index in [2.05, 4.69) is 33.1 Å². The molecule has 15 heavy (non-hydrogen) atoms. The van der Waals surface area contributed by atoms with Crippen LogP contribution >= 0.6 is 0 Å². The Morgan fingerprint density at radius 1 is 1.47 bits per heavy atom. The van der Waals surface area contributed by atoms with Gasteiger partial charge in [0.1, 0.15) is 0 Å². The molecule has 2 heteroatoms. The lowest BCUT2D eigenvalue weighted by Gasteiger charge is -2.33. The van der Waals surface area contributed by atoms with E-state index in [0.717, 1.165) is 25.6 Å². The number of hydrogen-bond donors (Lipinski definition) is 1. The molecule has 0 aromatic heterocycles. The minimum Gasteiger partial charge on any atom is -0.380 e. The molecule has 1 N–H and O–H groups in total. The Labute approximate surface area is 94.8 Å². The molecule has 0 aromatic carbocycles. The van der Waals surface area contributed by atoms with Crippen molar-refractivity contribution in [2.24, 2.45) is 11.3 Å². The molecule has 1 fully saturated rings. The van der Waals surface area contributed by atoms with Crippen molar-refractivity contribution in [1.82, 2.24) is 5.32 Å². The van der Waals surface area contributed by atoms with Crippen LogP contribution < -0.4 is 5.32 Å². The van der Waals surface area contributed by atoms with E-state index in [9.17, 15) is 0 Å². The van der Waals surface area contributed by atoms with Crippen LogP contribution in [0.5, 0.6) is 0 Å². The molecule has 1 aliphatic rings. The number of rotatable bonds is 6. The lowest BCUT2D eigenvalue weighted by atomic mass is 9.78. The zero-order valence-electron chi connectivity index (χ0n) is 10.8. The van der Waals surface area contributed by atoms with Gasteiger partial charge in [-0.1, -0.05) is 27.2 Å². The molecule has 0 radical (unpaired) electrons. The zero-order valence-corrected chi connectivity index (χ0v) is 10.8. The van der Waals surface area contributed by atoms with Crippen molar-refractivity contribution in [2.45, 2.75) is 52.5 Å². The Bertz CT molecular complexity index is 179. The average molecular weight is 213 g/mol. The fraction of sp³-hybridized carbons (Fsp3) is 1.00. The van der Waals surface area contributed by atoms with Crippen molar-refractivity contribution >= 4 is 0 Å². The predicted octanol–water partition coefficient (Wildman–Crippen LogP) is 2.83. The Kier molecular flexibility index (Phi) is 5.07. The van der Waals surface area contributed by atoms with Gasteiger partial charge in [0.15, 0.2) is 0 Å². The summed E-state index contributed by atoms with van der Waals surface area (Å²) in [6.45, 7) is 8.72. The highest BCUT2D eigenvalue weighted by Crippen LogP contribution is 2.44. The number of hydrogen-bond acceptors (Lipinski definition) is 2. The average Bonchev–Trinajstić information content (AvgIpc) is 2.53. The van der Waals surface area contributed by atoms with E-state index in [4.69, 9.17) is 4.74 Å². The fourth-order valence-electron chi connectivity index (χ4n) is 2.85. The van der Waals surface area contributed by atoms with Crippen LogP contribution in [0.2, 0.25) is 0 Å². The molecule has 0 bridgehead atoms. The first-order valence-electron chi connectivity index (χ1n) is 6.37. The largest absolute Gasteiger partial charge is 0.380 e. The minimum absolute atomic E-state index is 0.489. The highest BCUT2D eigenvalue weighted by Gasteiger charge is 2.38. The van der Waals surface area contributed by atoms with Crippen molar-refractivity contribution in [2.75, 3.05) is 20.3 Å². The molecule has 0 saturated heterocycles. The lowest BCUT2D eigenvalue weighted by Crippen LogP contribution is -2.42. The summed E-state index contributed by atoms with van der Waals surface area (Å²) in [4.78, 5) is 0. The van der Waals surface area contributed by atoms with Crippen molar-refractivity contribution in [3.05, 3.63) is 0 Å². The smallest absolute Gasteiger partial charge is 0.0622 e. The molecule has 1 aliphatic carbocycles. The molecule has 0 spiro atoms. The quantitative estimate of drug-likeness (QED) is 0.685. The number of likely N-dealkylation sites (N-methyl/N-ethyl adjacent to an activating group) is 1. The minimum atomic E-state index is 0.489. The van der Waals surface area contributed by atoms with Gasteiger partial charge in [-0.15, -0.1) is 0 Å². The Balaban J connectivity index is 2.43. The first-order chi connectivity index (χ1) is 7.11. The molecular formula is C13H27NO. The Morgan fingerprint density at radius 3 is 2.67 bits per heavy atom. The maximum absolute atomic E-state index is 5.68. The Hall–Kier alpha value is -0.0800. The van der Waals surface area contributed by atoms with Gasteiger partial charge in [-0.05, 0) is 37.6 Å². The van der Waals surface area contributed by atoms with Crippen LogP contribution in [-0.4, -0.2) is 26.3 Å². The standard InChI is InChI=1S/C13H27NO/c1-5-9-15-10-12(14-4)11-7-6-8-13(11,2)3/h11-12,14H,5-10H2,1-4H3. The summed E-state index contributed by atoms with van der Waals surface area (Å²) in [6.07, 6.45) is 5.21. The van der Waals surface area contributed by atoms with E-state index >= 15 is 0 Å². The summed E-state index contributed by atoms with van der Waals surface area (Å²) in [5, 5.41) is 3.43. The van der Waals surface area contributed by atoms with Crippen LogP contribution in [0.25, 0.3) is 0 Å². The SMILES string of the molecule is CCCOCC(NC)C1CCCC1(C)C. The molecule has 0 aromatic rings. The van der Waals surface area contributed by atoms with Gasteiger partial charge in [0.2, 0.25) is 0 Å². The van der Waals surface area contributed by atoms with Crippen molar-refractivity contribution in [3.8, 4) is 0 Å². The van der Waals surface area contributed by atoms with Crippen molar-refractivity contribution < 1.29 is 4.74 Å². The summed E-state index contributed by atoms with van der Waals surface area (Å²) < 4.78 is 5.68. The van der Waals surface area contributed by atoms with E-state index in [0.29, 0.717) is 11.5 Å². The third-order valence-corrected chi connectivity index (χ3v) is 3.84. The third kappa shape index (κ3) is 3.46. The highest BCUT2D eigenvalue weighted by molar-refractivity contribution is 4.91. The first-order valence-corrected chi connectivity index (χ1v) is 6.37. The van der Waals surface area contributed by atoms with Crippen LogP contribution in [0.15, 0.2) is 0 Å². The van der Waals surface area contributed by atoms with E-state index in [-0.39, 0.29) is 0 Å². The fourth-order valence-corrected chi connectivity index (χ4v) is 2.85. The molecule has 90 valence electrons. The molecule has 2 nitrogen and oxygen atoms in total. The highest BCUT2D eigenvalue weighted by atomic mass is 16.5. The second-order valence-electron chi connectivity index (χ2n) is 5.46. The zero-order chi connectivity index (χ0) is 11.3. The van der Waals surface area contributed by atoms with E-state index < -0.39 is 0 Å². The second kappa shape index (κ2) is 5.86. The van der Waals surface area contributed by atoms with Gasteiger partial charge < -0.3 is 10.1 Å². The second-order valence-corrected chi connectivity index (χ2v) is 5.46. The van der Waals surface area contributed by atoms with Crippen LogP contribution in [0.3, 0.4) is 0 Å². The molecule has 0 heterocycles. The monoisotopic (exact) mass is 213 g/mol. The maximum atomic E-state index is 5.68. The maximum Gasteiger partial charge on any atom is 0.0622 e. The summed E-state index contributed by atoms with van der Waals surface area (Å²) in [5.41, 5.74) is 0.489. The summed E-state index contributed by atoms with van der Waals surface area (Å²) in [7, 11) is 2.06. The van der Waals surface area contributed by atoms with Crippen LogP contribution in [0, 0.1) is 11.3 Å². The number of nitrogens with one attached hydrogen (secondary N) is 1. The van der Waals surface area contributed by atoms with E-state index in [1.165, 1.54) is 19.3 Å². The summed E-state index contributed by atoms with van der Waals surface area (Å²) >= 11 is 0. The predicted molar refractivity (Wildman–Crippen MR) is 65.1 cm³/mol. The van der Waals surface area contributed by atoms with E-state index in [1.807, 2.05) is 0 Å². The van der Waals surface area contributed by atoms with Gasteiger partial charge >= 0.3 is 0 Å². The van der Waals surface area contributed by atoms with Crippen molar-refractivity contribution in [1.29, 1.82) is 0 Å². The van der Waals surface area contributed by atoms with Gasteiger partial charge in [0, 0.05) is 12.6 Å². The van der Waals surface area contributed by atoms with E-state index in [1.54, 1.807) is 0 Å². The molecule has 2 atom stereocenters. The molecule has 2 unspecified atom stereocenters. The molecule has 0 amide bonds. The molecule has 1 saturated carbocycles. The van der Waals surface area contributed by atoms with Gasteiger partial charge in [-0.25, -0.2) is 0 Å². The summed E-state index contributed by atoms with van der Waals surface area (Å²) in [6, 6.07) is 0.536. The first kappa shape index (κ1) is 13.0. The van der Waals surface area contributed by atoms with Crippen molar-refractivity contribution in [3.63, 3.8) is 0 Å². The van der Waals surface area contributed by atoms with Crippen LogP contribution in [-0.2, 0) is 4.74 Å². The molecular weight excluding hydrogens is 186 g/mol. The Morgan fingerprint density at radius 2 is 2.20 bits per heavy atom. The molecule has 1 rings (SSSR count). The number of ether oxygens (including phenoxy) is 1. The third-order valence-electron chi connectivity index (χ3n) is 3.84. The lowest BCUT2D eigenvalue weighted by molar-refractivity contribution is 0.0731. The van der Waals surface area contributed by atoms with Crippen LogP contribution in [0.1, 0.15) is 46.5 Å². The normalized spacial score (nSPS) is 26.8. The van der Waals surface area contributed by atoms with Gasteiger partial charge in [-0.3, -0.25) is 0 Å². The topological polar surface area (TPSA) is 21.3 Å². The van der Waals surface area contributed by atoms with Crippen LogP contribution in [0.4, 0.5) is 0 Å². The van der Waals surface area contributed by atoms with Gasteiger partial charge in [0.05, 0.1) is 6.61 Å². The summed E-state index contributed by atoms with van der Waals surface area (Å²) in [5.74, 6) is 0.777. The van der Waals surface area contributed by atoms with Gasteiger partial charge in [-0.2, -0.15) is 0 Å². The van der Waals surface area contributed by atoms with Gasteiger partial charge in [0.25, 0.3) is 0 Å².